The van der Waals surface area contributed by atoms with Gasteiger partial charge in [0.25, 0.3) is 0 Å². The second kappa shape index (κ2) is 9.32. The molecule has 32 heavy (non-hydrogen) atoms. The zero-order chi connectivity index (χ0) is 22.9. The lowest BCUT2D eigenvalue weighted by Gasteiger charge is -2.33. The second-order valence-electron chi connectivity index (χ2n) is 7.40. The van der Waals surface area contributed by atoms with Gasteiger partial charge >= 0.3 is 0 Å². The molecule has 2 heterocycles. The molecule has 1 aromatic heterocycles. The third kappa shape index (κ3) is 5.04. The molecular formula is C20H21F2N5O2S3. The van der Waals surface area contributed by atoms with Gasteiger partial charge in [-0.15, -0.1) is 5.10 Å². The number of anilines is 2. The number of hydrogen-bond donors (Lipinski definition) is 1. The van der Waals surface area contributed by atoms with Crippen LogP contribution >= 0.6 is 23.6 Å². The first-order valence-corrected chi connectivity index (χ1v) is 12.5. The zero-order valence-corrected chi connectivity index (χ0v) is 19.6. The molecule has 0 amide bonds. The Hall–Kier alpha value is -2.25. The van der Waals surface area contributed by atoms with Gasteiger partial charge < -0.3 is 5.32 Å². The van der Waals surface area contributed by atoms with E-state index in [1.165, 1.54) is 21.2 Å². The average molecular weight is 498 g/mol. The van der Waals surface area contributed by atoms with Gasteiger partial charge in [-0.1, -0.05) is 29.0 Å². The van der Waals surface area contributed by atoms with Gasteiger partial charge in [0.05, 0.1) is 11.6 Å². The highest BCUT2D eigenvalue weighted by Gasteiger charge is 2.29. The molecule has 0 unspecified atom stereocenters. The van der Waals surface area contributed by atoms with Crippen molar-refractivity contribution < 1.29 is 17.2 Å². The highest BCUT2D eigenvalue weighted by atomic mass is 32.2. The van der Waals surface area contributed by atoms with Crippen LogP contribution in [0.5, 0.6) is 0 Å². The molecule has 0 saturated carbocycles. The number of piperazine rings is 1. The quantitative estimate of drug-likeness (QED) is 0.520. The highest BCUT2D eigenvalue weighted by molar-refractivity contribution is 7.89. The molecule has 7 nitrogen and oxygen atoms in total. The Morgan fingerprint density at radius 1 is 1.06 bits per heavy atom. The van der Waals surface area contributed by atoms with E-state index in [-0.39, 0.29) is 18.0 Å². The SMILES string of the molecule is Cc1ccc(Nc2nn(CN3CCN(S(=O)(=O)c4ccc(F)c(F)c4)CC3)c(=S)s2)cc1. The van der Waals surface area contributed by atoms with E-state index in [2.05, 4.69) is 10.4 Å². The first-order chi connectivity index (χ1) is 15.2. The van der Waals surface area contributed by atoms with Crippen molar-refractivity contribution in [2.45, 2.75) is 18.5 Å². The lowest BCUT2D eigenvalue weighted by Crippen LogP contribution is -2.48. The summed E-state index contributed by atoms with van der Waals surface area (Å²) in [6.45, 7) is 3.84. The van der Waals surface area contributed by atoms with E-state index in [0.717, 1.165) is 17.8 Å². The summed E-state index contributed by atoms with van der Waals surface area (Å²) in [5, 5.41) is 8.44. The summed E-state index contributed by atoms with van der Waals surface area (Å²) in [7, 11) is -3.89. The molecule has 0 atom stereocenters. The number of rotatable bonds is 6. The minimum atomic E-state index is -3.89. The van der Waals surface area contributed by atoms with E-state index >= 15 is 0 Å². The Morgan fingerprint density at radius 3 is 2.41 bits per heavy atom. The molecule has 1 saturated heterocycles. The molecule has 1 fully saturated rings. The maximum Gasteiger partial charge on any atom is 0.243 e. The van der Waals surface area contributed by atoms with E-state index in [1.54, 1.807) is 4.68 Å². The maximum absolute atomic E-state index is 13.5. The molecule has 1 aliphatic heterocycles. The van der Waals surface area contributed by atoms with Crippen LogP contribution in [0.1, 0.15) is 5.56 Å². The number of nitrogens with zero attached hydrogens (tertiary/aromatic N) is 4. The normalized spacial score (nSPS) is 15.7. The molecule has 3 aromatic rings. The topological polar surface area (TPSA) is 70.5 Å². The molecule has 0 aliphatic carbocycles. The molecule has 170 valence electrons. The number of aromatic nitrogens is 2. The van der Waals surface area contributed by atoms with Gasteiger partial charge in [0.15, 0.2) is 15.6 Å². The van der Waals surface area contributed by atoms with Gasteiger partial charge in [-0.05, 0) is 49.5 Å². The lowest BCUT2D eigenvalue weighted by molar-refractivity contribution is 0.145. The lowest BCUT2D eigenvalue weighted by atomic mass is 10.2. The van der Waals surface area contributed by atoms with Crippen LogP contribution in [0.4, 0.5) is 19.6 Å². The molecule has 1 N–H and O–H groups in total. The largest absolute Gasteiger partial charge is 0.330 e. The molecule has 0 spiro atoms. The Morgan fingerprint density at radius 2 is 1.75 bits per heavy atom. The van der Waals surface area contributed by atoms with Crippen LogP contribution in [0.3, 0.4) is 0 Å². The Bertz CT molecular complexity index is 1270. The van der Waals surface area contributed by atoms with E-state index in [4.69, 9.17) is 12.2 Å². The fraction of sp³-hybridized carbons (Fsp3) is 0.300. The smallest absolute Gasteiger partial charge is 0.243 e. The monoisotopic (exact) mass is 497 g/mol. The first kappa shape index (κ1) is 22.9. The van der Waals surface area contributed by atoms with Gasteiger partial charge in [-0.3, -0.25) is 4.90 Å². The standard InChI is InChI=1S/C20H21F2N5O2S3/c1-14-2-4-15(5-3-14)23-19-24-27(20(30)31-19)13-25-8-10-26(11-9-25)32(28,29)16-6-7-17(21)18(22)12-16/h2-7,12H,8-11,13H2,1H3,(H,23,24). The van der Waals surface area contributed by atoms with Gasteiger partial charge in [0, 0.05) is 31.9 Å². The number of benzene rings is 2. The van der Waals surface area contributed by atoms with Crippen molar-refractivity contribution in [1.29, 1.82) is 0 Å². The van der Waals surface area contributed by atoms with Gasteiger partial charge in [-0.2, -0.15) is 4.31 Å². The summed E-state index contributed by atoms with van der Waals surface area (Å²) in [6.07, 6.45) is 0. The van der Waals surface area contributed by atoms with Crippen LogP contribution in [-0.4, -0.2) is 53.6 Å². The Labute approximate surface area is 194 Å². The van der Waals surface area contributed by atoms with Crippen LogP contribution in [0.15, 0.2) is 47.4 Å². The van der Waals surface area contributed by atoms with Gasteiger partial charge in [-0.25, -0.2) is 21.9 Å². The van der Waals surface area contributed by atoms with Crippen molar-refractivity contribution in [2.75, 3.05) is 31.5 Å². The third-order valence-corrected chi connectivity index (χ3v) is 8.22. The van der Waals surface area contributed by atoms with Crippen LogP contribution < -0.4 is 5.32 Å². The summed E-state index contributed by atoms with van der Waals surface area (Å²) >= 11 is 6.79. The summed E-state index contributed by atoms with van der Waals surface area (Å²) in [6, 6.07) is 10.6. The maximum atomic E-state index is 13.5. The van der Waals surface area contributed by atoms with Crippen LogP contribution in [0.25, 0.3) is 0 Å². The fourth-order valence-corrected chi connectivity index (χ4v) is 5.74. The van der Waals surface area contributed by atoms with E-state index < -0.39 is 21.7 Å². The fourth-order valence-electron chi connectivity index (χ4n) is 3.29. The first-order valence-electron chi connectivity index (χ1n) is 9.81. The Balaban J connectivity index is 1.38. The minimum absolute atomic E-state index is 0.229. The second-order valence-corrected chi connectivity index (χ2v) is 11.0. The number of sulfonamides is 1. The summed E-state index contributed by atoms with van der Waals surface area (Å²) in [4.78, 5) is 1.79. The molecule has 4 rings (SSSR count). The predicted molar refractivity (Wildman–Crippen MR) is 122 cm³/mol. The van der Waals surface area contributed by atoms with Gasteiger partial charge in [0.1, 0.15) is 0 Å². The molecule has 0 bridgehead atoms. The number of nitrogens with one attached hydrogen (secondary N) is 1. The Kier molecular flexibility index (Phi) is 6.67. The number of hydrogen-bond acceptors (Lipinski definition) is 7. The molecule has 0 radical (unpaired) electrons. The predicted octanol–water partition coefficient (Wildman–Crippen LogP) is 3.97. The van der Waals surface area contributed by atoms with E-state index in [9.17, 15) is 17.2 Å². The van der Waals surface area contributed by atoms with Crippen molar-refractivity contribution in [3.05, 3.63) is 63.6 Å². The van der Waals surface area contributed by atoms with Crippen molar-refractivity contribution in [1.82, 2.24) is 19.0 Å². The van der Waals surface area contributed by atoms with E-state index in [1.807, 2.05) is 36.1 Å². The minimum Gasteiger partial charge on any atom is -0.330 e. The van der Waals surface area contributed by atoms with Crippen LogP contribution in [-0.2, 0) is 16.7 Å². The molecule has 2 aromatic carbocycles. The van der Waals surface area contributed by atoms with Crippen molar-refractivity contribution in [3.63, 3.8) is 0 Å². The molecular weight excluding hydrogens is 476 g/mol. The zero-order valence-electron chi connectivity index (χ0n) is 17.2. The summed E-state index contributed by atoms with van der Waals surface area (Å²) in [5.74, 6) is -2.26. The molecule has 1 aliphatic rings. The van der Waals surface area contributed by atoms with E-state index in [0.29, 0.717) is 34.9 Å². The number of halogens is 2. The number of aryl methyl sites for hydroxylation is 1. The summed E-state index contributed by atoms with van der Waals surface area (Å²) in [5.41, 5.74) is 2.09. The van der Waals surface area contributed by atoms with Gasteiger partial charge in [0.2, 0.25) is 15.2 Å². The third-order valence-electron chi connectivity index (χ3n) is 5.10. The summed E-state index contributed by atoms with van der Waals surface area (Å²) < 4.78 is 55.7. The average Bonchev–Trinajstić information content (AvgIpc) is 3.10. The van der Waals surface area contributed by atoms with Crippen molar-refractivity contribution >= 4 is 44.4 Å². The molecule has 12 heteroatoms. The van der Waals surface area contributed by atoms with Crippen LogP contribution in [0, 0.1) is 22.5 Å². The van der Waals surface area contributed by atoms with Crippen molar-refractivity contribution in [3.8, 4) is 0 Å². The van der Waals surface area contributed by atoms with Crippen LogP contribution in [0.2, 0.25) is 0 Å². The highest BCUT2D eigenvalue weighted by Crippen LogP contribution is 2.22. The van der Waals surface area contributed by atoms with Crippen molar-refractivity contribution in [2.24, 2.45) is 0 Å².